The summed E-state index contributed by atoms with van der Waals surface area (Å²) in [6.45, 7) is 16.1. The van der Waals surface area contributed by atoms with Crippen LogP contribution >= 0.6 is 0 Å². The van der Waals surface area contributed by atoms with Crippen molar-refractivity contribution in [2.75, 3.05) is 6.61 Å². The predicted molar refractivity (Wildman–Crippen MR) is 112 cm³/mol. The van der Waals surface area contributed by atoms with Crippen LogP contribution in [0.25, 0.3) is 0 Å². The molecule has 0 radical (unpaired) electrons. The highest BCUT2D eigenvalue weighted by Gasteiger charge is 2.50. The minimum absolute atomic E-state index is 0.0403. The summed E-state index contributed by atoms with van der Waals surface area (Å²) in [6.07, 6.45) is 1.01. The molecule has 0 aromatic heterocycles. The van der Waals surface area contributed by atoms with Crippen LogP contribution in [0.3, 0.4) is 0 Å². The van der Waals surface area contributed by atoms with Crippen LogP contribution in [-0.2, 0) is 4.43 Å². The third-order valence-corrected chi connectivity index (χ3v) is 9.70. The normalized spacial score (nSPS) is 13.5. The first kappa shape index (κ1) is 19.7. The maximum Gasteiger partial charge on any atom is 0.261 e. The Morgan fingerprint density at radius 3 is 1.76 bits per heavy atom. The van der Waals surface area contributed by atoms with Crippen molar-refractivity contribution in [2.45, 2.75) is 46.1 Å². The van der Waals surface area contributed by atoms with E-state index in [1.807, 2.05) is 0 Å². The minimum Gasteiger partial charge on any atom is -0.407 e. The highest BCUT2D eigenvalue weighted by molar-refractivity contribution is 6.99. The van der Waals surface area contributed by atoms with Gasteiger partial charge in [-0.3, -0.25) is 0 Å². The zero-order chi connectivity index (χ0) is 18.5. The van der Waals surface area contributed by atoms with Crippen LogP contribution in [-0.4, -0.2) is 14.9 Å². The highest BCUT2D eigenvalue weighted by Crippen LogP contribution is 2.37. The maximum absolute atomic E-state index is 6.93. The molecule has 0 spiro atoms. The van der Waals surface area contributed by atoms with Gasteiger partial charge in [0.2, 0.25) is 0 Å². The first-order valence-electron chi connectivity index (χ1n) is 9.17. The summed E-state index contributed by atoms with van der Waals surface area (Å²) in [6, 6.07) is 21.7. The van der Waals surface area contributed by atoms with E-state index in [2.05, 4.69) is 102 Å². The van der Waals surface area contributed by atoms with Gasteiger partial charge in [-0.15, -0.1) is 6.58 Å². The lowest BCUT2D eigenvalue weighted by Crippen LogP contribution is -2.66. The van der Waals surface area contributed by atoms with Gasteiger partial charge >= 0.3 is 0 Å². The van der Waals surface area contributed by atoms with Gasteiger partial charge in [-0.05, 0) is 34.7 Å². The molecule has 1 nitrogen and oxygen atoms in total. The molecule has 25 heavy (non-hydrogen) atoms. The van der Waals surface area contributed by atoms with E-state index in [-0.39, 0.29) is 5.04 Å². The molecule has 2 aromatic rings. The Morgan fingerprint density at radius 1 is 0.960 bits per heavy atom. The van der Waals surface area contributed by atoms with E-state index in [0.29, 0.717) is 5.92 Å². The zero-order valence-electron chi connectivity index (χ0n) is 16.4. The molecule has 1 unspecified atom stereocenters. The molecule has 0 saturated heterocycles. The molecule has 2 heteroatoms. The van der Waals surface area contributed by atoms with E-state index in [1.165, 1.54) is 15.9 Å². The second-order valence-corrected chi connectivity index (χ2v) is 12.5. The van der Waals surface area contributed by atoms with Crippen LogP contribution in [0.4, 0.5) is 0 Å². The Kier molecular flexibility index (Phi) is 6.42. The molecule has 134 valence electrons. The zero-order valence-corrected chi connectivity index (χ0v) is 17.4. The molecule has 1 atom stereocenters. The predicted octanol–water partition coefficient (Wildman–Crippen LogP) is 5.17. The fourth-order valence-electron chi connectivity index (χ4n) is 3.68. The van der Waals surface area contributed by atoms with Crippen molar-refractivity contribution in [3.8, 4) is 0 Å². The smallest absolute Gasteiger partial charge is 0.261 e. The number of allylic oxidation sites excluding steroid dienone is 1. The van der Waals surface area contributed by atoms with Crippen molar-refractivity contribution in [3.05, 3.63) is 72.8 Å². The first-order valence-corrected chi connectivity index (χ1v) is 11.1. The molecule has 2 aromatic carbocycles. The standard InChI is InChI=1S/C23H32OSi/c1-19(2)17-20(3)18-24-25(23(4,5)6,21-13-9-7-10-14-21)22-15-11-8-12-16-22/h7-16,20H,1,17-18H2,2-6H3. The number of rotatable bonds is 7. The Labute approximate surface area is 154 Å². The summed E-state index contributed by atoms with van der Waals surface area (Å²) in [5, 5.41) is 2.73. The van der Waals surface area contributed by atoms with Crippen molar-refractivity contribution in [1.29, 1.82) is 0 Å². The number of hydrogen-bond donors (Lipinski definition) is 0. The van der Waals surface area contributed by atoms with Gasteiger partial charge in [0.1, 0.15) is 0 Å². The van der Waals surface area contributed by atoms with Crippen LogP contribution < -0.4 is 10.4 Å². The van der Waals surface area contributed by atoms with Crippen LogP contribution in [0.15, 0.2) is 72.8 Å². The topological polar surface area (TPSA) is 9.23 Å². The summed E-state index contributed by atoms with van der Waals surface area (Å²) in [5.41, 5.74) is 1.22. The summed E-state index contributed by atoms with van der Waals surface area (Å²) >= 11 is 0. The monoisotopic (exact) mass is 352 g/mol. The molecule has 0 aliphatic heterocycles. The van der Waals surface area contributed by atoms with Crippen molar-refractivity contribution < 1.29 is 4.43 Å². The largest absolute Gasteiger partial charge is 0.407 e. The molecule has 0 bridgehead atoms. The van der Waals surface area contributed by atoms with Crippen molar-refractivity contribution in [2.24, 2.45) is 5.92 Å². The van der Waals surface area contributed by atoms with Crippen molar-refractivity contribution in [3.63, 3.8) is 0 Å². The van der Waals surface area contributed by atoms with Crippen molar-refractivity contribution >= 4 is 18.7 Å². The lowest BCUT2D eigenvalue weighted by Gasteiger charge is -2.43. The fourth-order valence-corrected chi connectivity index (χ4v) is 8.37. The average molecular weight is 353 g/mol. The van der Waals surface area contributed by atoms with E-state index in [4.69, 9.17) is 4.43 Å². The van der Waals surface area contributed by atoms with Gasteiger partial charge in [-0.1, -0.05) is 93.9 Å². The lowest BCUT2D eigenvalue weighted by molar-refractivity contribution is 0.244. The quantitative estimate of drug-likeness (QED) is 0.494. The van der Waals surface area contributed by atoms with Crippen LogP contribution in [0, 0.1) is 5.92 Å². The molecule has 0 aliphatic carbocycles. The van der Waals surface area contributed by atoms with Crippen LogP contribution in [0.1, 0.15) is 41.0 Å². The average Bonchev–Trinajstić information content (AvgIpc) is 2.55. The van der Waals surface area contributed by atoms with Crippen LogP contribution in [0.5, 0.6) is 0 Å². The van der Waals surface area contributed by atoms with E-state index in [9.17, 15) is 0 Å². The van der Waals surface area contributed by atoms with E-state index in [0.717, 1.165) is 13.0 Å². The molecule has 0 amide bonds. The summed E-state index contributed by atoms with van der Waals surface area (Å²) < 4.78 is 6.93. The Hall–Kier alpha value is -1.64. The fraction of sp³-hybridized carbons (Fsp3) is 0.391. The molecular formula is C23H32OSi. The Morgan fingerprint density at radius 2 is 1.40 bits per heavy atom. The molecule has 0 N–H and O–H groups in total. The van der Waals surface area contributed by atoms with Gasteiger partial charge in [0, 0.05) is 6.61 Å². The van der Waals surface area contributed by atoms with E-state index in [1.54, 1.807) is 0 Å². The Bertz CT molecular complexity index is 631. The van der Waals surface area contributed by atoms with E-state index < -0.39 is 8.32 Å². The molecule has 0 saturated carbocycles. The Balaban J connectivity index is 2.51. The highest BCUT2D eigenvalue weighted by atomic mass is 28.4. The molecule has 0 aliphatic rings. The maximum atomic E-state index is 6.93. The van der Waals surface area contributed by atoms with E-state index >= 15 is 0 Å². The number of hydrogen-bond acceptors (Lipinski definition) is 1. The van der Waals surface area contributed by atoms with Gasteiger partial charge in [-0.25, -0.2) is 0 Å². The minimum atomic E-state index is -2.39. The molecule has 2 rings (SSSR count). The summed E-state index contributed by atoms with van der Waals surface area (Å²) in [7, 11) is -2.39. The summed E-state index contributed by atoms with van der Waals surface area (Å²) in [5.74, 6) is 0.471. The first-order chi connectivity index (χ1) is 11.8. The van der Waals surface area contributed by atoms with Gasteiger partial charge in [0.25, 0.3) is 8.32 Å². The third-order valence-electron chi connectivity index (χ3n) is 4.70. The second-order valence-electron chi connectivity index (χ2n) is 8.24. The number of benzene rings is 2. The van der Waals surface area contributed by atoms with Crippen molar-refractivity contribution in [1.82, 2.24) is 0 Å². The lowest BCUT2D eigenvalue weighted by atomic mass is 10.1. The molecule has 0 fully saturated rings. The molecule has 0 heterocycles. The van der Waals surface area contributed by atoms with Gasteiger partial charge < -0.3 is 4.43 Å². The van der Waals surface area contributed by atoms with Gasteiger partial charge in [0.05, 0.1) is 0 Å². The van der Waals surface area contributed by atoms with Crippen LogP contribution in [0.2, 0.25) is 5.04 Å². The second kappa shape index (κ2) is 8.16. The third kappa shape index (κ3) is 4.50. The SMILES string of the molecule is C=C(C)CC(C)CO[Si](c1ccccc1)(c1ccccc1)C(C)(C)C. The summed E-state index contributed by atoms with van der Waals surface area (Å²) in [4.78, 5) is 0. The van der Waals surface area contributed by atoms with Gasteiger partial charge in [0.15, 0.2) is 0 Å². The molecular weight excluding hydrogens is 320 g/mol. The van der Waals surface area contributed by atoms with Gasteiger partial charge in [-0.2, -0.15) is 0 Å².